The van der Waals surface area contributed by atoms with Gasteiger partial charge < -0.3 is 9.67 Å². The van der Waals surface area contributed by atoms with Crippen LogP contribution in [0, 0.1) is 0 Å². The van der Waals surface area contributed by atoms with Crippen LogP contribution in [0.5, 0.6) is 5.75 Å². The summed E-state index contributed by atoms with van der Waals surface area (Å²) in [5.41, 5.74) is 3.86. The predicted molar refractivity (Wildman–Crippen MR) is 102 cm³/mol. The SMILES string of the molecule is Cn1c2ccccc2c(=O)c2ccc(/C=C/c3ccc([O-])cc3)cc21. The van der Waals surface area contributed by atoms with Crippen LogP contribution >= 0.6 is 0 Å². The lowest BCUT2D eigenvalue weighted by molar-refractivity contribution is -0.268. The summed E-state index contributed by atoms with van der Waals surface area (Å²) in [5.74, 6) is 0.00438. The molecule has 0 unspecified atom stereocenters. The molecule has 0 aliphatic heterocycles. The summed E-state index contributed by atoms with van der Waals surface area (Å²) in [5, 5.41) is 12.6. The first-order valence-electron chi connectivity index (χ1n) is 8.10. The van der Waals surface area contributed by atoms with Crippen molar-refractivity contribution in [3.63, 3.8) is 0 Å². The van der Waals surface area contributed by atoms with E-state index in [4.69, 9.17) is 0 Å². The molecule has 0 spiro atoms. The summed E-state index contributed by atoms with van der Waals surface area (Å²) in [6, 6.07) is 20.2. The number of fused-ring (bicyclic) bond motifs is 2. The second-order valence-electron chi connectivity index (χ2n) is 6.08. The molecule has 0 bridgehead atoms. The normalized spacial score (nSPS) is 11.6. The molecule has 0 fully saturated rings. The van der Waals surface area contributed by atoms with Gasteiger partial charge in [-0.1, -0.05) is 54.6 Å². The van der Waals surface area contributed by atoms with Gasteiger partial charge in [0, 0.05) is 17.8 Å². The van der Waals surface area contributed by atoms with E-state index in [2.05, 4.69) is 4.57 Å². The van der Waals surface area contributed by atoms with Crippen molar-refractivity contribution < 1.29 is 5.11 Å². The van der Waals surface area contributed by atoms with Gasteiger partial charge in [-0.15, -0.1) is 5.75 Å². The molecule has 0 atom stereocenters. The average Bonchev–Trinajstić information content (AvgIpc) is 2.65. The minimum atomic E-state index is 0.00438. The smallest absolute Gasteiger partial charge is 0.197 e. The highest BCUT2D eigenvalue weighted by Gasteiger charge is 2.08. The summed E-state index contributed by atoms with van der Waals surface area (Å²) in [4.78, 5) is 12.7. The fraction of sp³-hybridized carbons (Fsp3) is 0.0455. The van der Waals surface area contributed by atoms with Gasteiger partial charge in [-0.25, -0.2) is 0 Å². The van der Waals surface area contributed by atoms with Crippen molar-refractivity contribution >= 4 is 34.0 Å². The quantitative estimate of drug-likeness (QED) is 0.414. The maximum Gasteiger partial charge on any atom is 0.197 e. The first-order chi connectivity index (χ1) is 12.1. The average molecular weight is 326 g/mol. The van der Waals surface area contributed by atoms with Crippen LogP contribution in [0.25, 0.3) is 34.0 Å². The van der Waals surface area contributed by atoms with Crippen LogP contribution in [-0.2, 0) is 7.05 Å². The molecule has 3 heteroatoms. The Morgan fingerprint density at radius 2 is 1.44 bits per heavy atom. The summed E-state index contributed by atoms with van der Waals surface area (Å²) in [6.45, 7) is 0. The van der Waals surface area contributed by atoms with Gasteiger partial charge in [0.25, 0.3) is 0 Å². The van der Waals surface area contributed by atoms with Crippen LogP contribution in [0.1, 0.15) is 11.1 Å². The fourth-order valence-electron chi connectivity index (χ4n) is 3.13. The van der Waals surface area contributed by atoms with Gasteiger partial charge in [0.1, 0.15) is 0 Å². The molecule has 0 saturated heterocycles. The lowest BCUT2D eigenvalue weighted by Crippen LogP contribution is -2.08. The molecule has 4 rings (SSSR count). The third-order valence-electron chi connectivity index (χ3n) is 4.49. The van der Waals surface area contributed by atoms with E-state index in [0.29, 0.717) is 5.39 Å². The molecule has 1 heterocycles. The Balaban J connectivity index is 1.85. The van der Waals surface area contributed by atoms with Crippen LogP contribution in [0.3, 0.4) is 0 Å². The molecule has 0 N–H and O–H groups in total. The zero-order valence-electron chi connectivity index (χ0n) is 13.8. The Labute approximate surface area is 145 Å². The van der Waals surface area contributed by atoms with E-state index in [-0.39, 0.29) is 11.2 Å². The number of benzene rings is 3. The van der Waals surface area contributed by atoms with E-state index in [1.165, 1.54) is 0 Å². The topological polar surface area (TPSA) is 45.1 Å². The molecule has 0 aliphatic carbocycles. The number of hydrogen-bond acceptors (Lipinski definition) is 2. The van der Waals surface area contributed by atoms with E-state index in [1.54, 1.807) is 24.3 Å². The molecule has 0 saturated carbocycles. The van der Waals surface area contributed by atoms with E-state index < -0.39 is 0 Å². The molecule has 0 amide bonds. The van der Waals surface area contributed by atoms with Crippen molar-refractivity contribution in [1.82, 2.24) is 4.57 Å². The summed E-state index contributed by atoms with van der Waals surface area (Å²) in [6.07, 6.45) is 3.94. The lowest BCUT2D eigenvalue weighted by Gasteiger charge is -2.10. The van der Waals surface area contributed by atoms with Gasteiger partial charge in [-0.3, -0.25) is 4.79 Å². The van der Waals surface area contributed by atoms with Crippen LogP contribution < -0.4 is 10.5 Å². The standard InChI is InChI=1S/C22H17NO2/c1-23-20-5-3-2-4-18(20)22(25)19-13-10-16(14-21(19)23)7-6-15-8-11-17(24)12-9-15/h2-14,24H,1H3/p-1/b7-6+. The Morgan fingerprint density at radius 1 is 0.800 bits per heavy atom. The summed E-state index contributed by atoms with van der Waals surface area (Å²) >= 11 is 0. The van der Waals surface area contributed by atoms with Gasteiger partial charge >= 0.3 is 0 Å². The van der Waals surface area contributed by atoms with Crippen LogP contribution in [0.2, 0.25) is 0 Å². The number of aromatic nitrogens is 1. The monoisotopic (exact) mass is 326 g/mol. The number of pyridine rings is 1. The Bertz CT molecular complexity index is 1170. The second-order valence-corrected chi connectivity index (χ2v) is 6.08. The number of rotatable bonds is 2. The molecular weight excluding hydrogens is 310 g/mol. The lowest BCUT2D eigenvalue weighted by atomic mass is 10.1. The van der Waals surface area contributed by atoms with Crippen molar-refractivity contribution in [2.75, 3.05) is 0 Å². The Hall–Kier alpha value is -3.33. The van der Waals surface area contributed by atoms with Gasteiger partial charge in [0.15, 0.2) is 5.43 Å². The van der Waals surface area contributed by atoms with E-state index in [1.807, 2.05) is 61.7 Å². The van der Waals surface area contributed by atoms with Crippen molar-refractivity contribution in [1.29, 1.82) is 0 Å². The molecule has 4 aromatic rings. The molecule has 0 aliphatic rings. The van der Waals surface area contributed by atoms with E-state index in [9.17, 15) is 9.90 Å². The van der Waals surface area contributed by atoms with E-state index >= 15 is 0 Å². The maximum atomic E-state index is 12.7. The number of hydrogen-bond donors (Lipinski definition) is 0. The summed E-state index contributed by atoms with van der Waals surface area (Å²) < 4.78 is 2.05. The highest BCUT2D eigenvalue weighted by Crippen LogP contribution is 2.20. The van der Waals surface area contributed by atoms with Gasteiger partial charge in [-0.05, 0) is 35.4 Å². The third-order valence-corrected chi connectivity index (χ3v) is 4.49. The Kier molecular flexibility index (Phi) is 3.62. The largest absolute Gasteiger partial charge is 0.872 e. The van der Waals surface area contributed by atoms with Crippen molar-refractivity contribution in [2.45, 2.75) is 0 Å². The first kappa shape index (κ1) is 15.2. The van der Waals surface area contributed by atoms with Crippen molar-refractivity contribution in [3.8, 4) is 5.75 Å². The predicted octanol–water partition coefficient (Wildman–Crippen LogP) is 3.94. The Morgan fingerprint density at radius 3 is 2.24 bits per heavy atom. The van der Waals surface area contributed by atoms with Crippen molar-refractivity contribution in [2.24, 2.45) is 7.05 Å². The van der Waals surface area contributed by atoms with Gasteiger partial charge in [0.05, 0.1) is 11.0 Å². The number of aryl methyl sites for hydroxylation is 1. The summed E-state index contributed by atoms with van der Waals surface area (Å²) in [7, 11) is 1.98. The fourth-order valence-corrected chi connectivity index (χ4v) is 3.13. The molecule has 25 heavy (non-hydrogen) atoms. The first-order valence-corrected chi connectivity index (χ1v) is 8.10. The third kappa shape index (κ3) is 2.70. The van der Waals surface area contributed by atoms with E-state index in [0.717, 1.165) is 27.5 Å². The molecular formula is C22H16NO2-. The van der Waals surface area contributed by atoms with Crippen molar-refractivity contribution in [3.05, 3.63) is 88.1 Å². The number of nitrogens with zero attached hydrogens (tertiary/aromatic N) is 1. The molecule has 3 nitrogen and oxygen atoms in total. The minimum Gasteiger partial charge on any atom is -0.872 e. The number of para-hydroxylation sites is 1. The van der Waals surface area contributed by atoms with Gasteiger partial charge in [-0.2, -0.15) is 0 Å². The maximum absolute atomic E-state index is 12.7. The highest BCUT2D eigenvalue weighted by atomic mass is 16.3. The molecule has 3 aromatic carbocycles. The second kappa shape index (κ2) is 5.95. The molecule has 122 valence electrons. The van der Waals surface area contributed by atoms with Crippen LogP contribution in [0.4, 0.5) is 0 Å². The zero-order valence-corrected chi connectivity index (χ0v) is 13.8. The minimum absolute atomic E-state index is 0.00438. The van der Waals surface area contributed by atoms with Gasteiger partial charge in [0.2, 0.25) is 0 Å². The zero-order chi connectivity index (χ0) is 17.4. The molecule has 0 radical (unpaired) electrons. The van der Waals surface area contributed by atoms with Crippen LogP contribution in [-0.4, -0.2) is 4.57 Å². The van der Waals surface area contributed by atoms with Crippen LogP contribution in [0.15, 0.2) is 71.5 Å². The highest BCUT2D eigenvalue weighted by molar-refractivity contribution is 5.94. The molecule has 1 aromatic heterocycles.